The molecule has 0 radical (unpaired) electrons. The average Bonchev–Trinajstić information content (AvgIpc) is 3.13. The molecule has 1 saturated heterocycles. The van der Waals surface area contributed by atoms with Crippen LogP contribution in [-0.2, 0) is 11.3 Å². The van der Waals surface area contributed by atoms with Crippen LogP contribution in [0, 0.1) is 0 Å². The molecule has 2 aromatic rings. The smallest absolute Gasteiger partial charge is 0.129 e. The van der Waals surface area contributed by atoms with Crippen molar-refractivity contribution in [2.45, 2.75) is 25.6 Å². The van der Waals surface area contributed by atoms with Crippen molar-refractivity contribution in [3.05, 3.63) is 64.7 Å². The zero-order valence-electron chi connectivity index (χ0n) is 13.3. The number of halogens is 1. The Morgan fingerprint density at radius 2 is 2.00 bits per heavy atom. The summed E-state index contributed by atoms with van der Waals surface area (Å²) in [5.74, 6) is 0.775. The van der Waals surface area contributed by atoms with Crippen LogP contribution in [0.3, 0.4) is 0 Å². The summed E-state index contributed by atoms with van der Waals surface area (Å²) in [6.45, 7) is 2.06. The Hall–Kier alpha value is -1.62. The van der Waals surface area contributed by atoms with Crippen molar-refractivity contribution >= 4 is 28.8 Å². The number of hydrogen-bond acceptors (Lipinski definition) is 3. The highest BCUT2D eigenvalue weighted by Crippen LogP contribution is 2.21. The molecule has 3 nitrogen and oxygen atoms in total. The van der Waals surface area contributed by atoms with Gasteiger partial charge in [-0.05, 0) is 42.7 Å². The molecule has 0 bridgehead atoms. The Morgan fingerprint density at radius 1 is 1.21 bits per heavy atom. The number of ether oxygens (including phenoxy) is 2. The summed E-state index contributed by atoms with van der Waals surface area (Å²) in [5, 5.41) is 4.02. The highest BCUT2D eigenvalue weighted by molar-refractivity contribution is 7.80. The van der Waals surface area contributed by atoms with Crippen molar-refractivity contribution in [2.24, 2.45) is 0 Å². The molecule has 1 fully saturated rings. The van der Waals surface area contributed by atoms with E-state index in [1.54, 1.807) is 0 Å². The zero-order chi connectivity index (χ0) is 16.8. The Morgan fingerprint density at radius 3 is 2.75 bits per heavy atom. The van der Waals surface area contributed by atoms with Crippen molar-refractivity contribution in [1.29, 1.82) is 0 Å². The molecule has 24 heavy (non-hydrogen) atoms. The SMILES string of the molecule is S=C(NC[C@H]1CCCO1)c1ccccc1OCc1ccc(Cl)cc1. The quantitative estimate of drug-likeness (QED) is 0.774. The lowest BCUT2D eigenvalue weighted by atomic mass is 10.2. The third kappa shape index (κ3) is 4.69. The summed E-state index contributed by atoms with van der Waals surface area (Å²) >= 11 is 11.4. The van der Waals surface area contributed by atoms with Crippen molar-refractivity contribution in [3.63, 3.8) is 0 Å². The summed E-state index contributed by atoms with van der Waals surface area (Å²) in [6, 6.07) is 15.5. The van der Waals surface area contributed by atoms with E-state index in [1.807, 2.05) is 48.5 Å². The predicted molar refractivity (Wildman–Crippen MR) is 101 cm³/mol. The molecule has 0 spiro atoms. The van der Waals surface area contributed by atoms with E-state index < -0.39 is 0 Å². The van der Waals surface area contributed by atoms with E-state index in [4.69, 9.17) is 33.3 Å². The lowest BCUT2D eigenvalue weighted by molar-refractivity contribution is 0.114. The fraction of sp³-hybridized carbons (Fsp3) is 0.316. The van der Waals surface area contributed by atoms with Gasteiger partial charge in [0.25, 0.3) is 0 Å². The Labute approximate surface area is 152 Å². The first kappa shape index (κ1) is 17.2. The molecule has 1 aliphatic heterocycles. The fourth-order valence-corrected chi connectivity index (χ4v) is 3.01. The minimum absolute atomic E-state index is 0.255. The molecule has 0 amide bonds. The molecule has 1 aliphatic rings. The first-order valence-corrected chi connectivity index (χ1v) is 8.87. The molecule has 0 saturated carbocycles. The van der Waals surface area contributed by atoms with E-state index in [1.165, 1.54) is 0 Å². The van der Waals surface area contributed by atoms with Gasteiger partial charge in [0.15, 0.2) is 0 Å². The standard InChI is InChI=1S/C19H20ClNO2S/c20-15-9-7-14(8-10-15)13-23-18-6-2-1-5-17(18)19(24)21-12-16-4-3-11-22-16/h1-2,5-10,16H,3-4,11-13H2,(H,21,24)/t16-/m1/s1. The first-order valence-electron chi connectivity index (χ1n) is 8.08. The molecule has 0 aromatic heterocycles. The Bertz CT molecular complexity index is 684. The zero-order valence-corrected chi connectivity index (χ0v) is 14.9. The molecular formula is C19H20ClNO2S. The molecule has 0 aliphatic carbocycles. The van der Waals surface area contributed by atoms with Gasteiger partial charge in [0.2, 0.25) is 0 Å². The van der Waals surface area contributed by atoms with Crippen LogP contribution in [0.2, 0.25) is 5.02 Å². The third-order valence-corrected chi connectivity index (χ3v) is 4.57. The molecule has 126 valence electrons. The van der Waals surface area contributed by atoms with Gasteiger partial charge in [-0.25, -0.2) is 0 Å². The van der Waals surface area contributed by atoms with Gasteiger partial charge in [0.05, 0.1) is 11.7 Å². The van der Waals surface area contributed by atoms with Crippen LogP contribution >= 0.6 is 23.8 Å². The maximum absolute atomic E-state index is 5.95. The van der Waals surface area contributed by atoms with Crippen LogP contribution in [-0.4, -0.2) is 24.2 Å². The summed E-state index contributed by atoms with van der Waals surface area (Å²) in [4.78, 5) is 0.692. The summed E-state index contributed by atoms with van der Waals surface area (Å²) in [5.41, 5.74) is 1.96. The topological polar surface area (TPSA) is 30.5 Å². The summed E-state index contributed by atoms with van der Waals surface area (Å²) < 4.78 is 11.6. The average molecular weight is 362 g/mol. The second-order valence-corrected chi connectivity index (χ2v) is 6.60. The van der Waals surface area contributed by atoms with E-state index in [2.05, 4.69) is 5.32 Å². The molecule has 3 rings (SSSR count). The van der Waals surface area contributed by atoms with E-state index >= 15 is 0 Å². The Balaban J connectivity index is 1.61. The molecular weight excluding hydrogens is 342 g/mol. The van der Waals surface area contributed by atoms with Crippen molar-refractivity contribution < 1.29 is 9.47 Å². The van der Waals surface area contributed by atoms with Gasteiger partial charge in [0.1, 0.15) is 17.3 Å². The van der Waals surface area contributed by atoms with Crippen LogP contribution in [0.15, 0.2) is 48.5 Å². The monoisotopic (exact) mass is 361 g/mol. The van der Waals surface area contributed by atoms with Crippen LogP contribution in [0.1, 0.15) is 24.0 Å². The van der Waals surface area contributed by atoms with Crippen molar-refractivity contribution in [3.8, 4) is 5.75 Å². The number of rotatable bonds is 6. The van der Waals surface area contributed by atoms with Gasteiger partial charge >= 0.3 is 0 Å². The molecule has 0 unspecified atom stereocenters. The van der Waals surface area contributed by atoms with Crippen molar-refractivity contribution in [2.75, 3.05) is 13.2 Å². The van der Waals surface area contributed by atoms with Gasteiger partial charge in [-0.15, -0.1) is 0 Å². The maximum atomic E-state index is 5.95. The number of benzene rings is 2. The van der Waals surface area contributed by atoms with E-state index in [0.29, 0.717) is 11.6 Å². The number of thiocarbonyl (C=S) groups is 1. The largest absolute Gasteiger partial charge is 0.488 e. The summed E-state index contributed by atoms with van der Waals surface area (Å²) in [7, 11) is 0. The summed E-state index contributed by atoms with van der Waals surface area (Å²) in [6.07, 6.45) is 2.47. The molecule has 1 atom stereocenters. The normalized spacial score (nSPS) is 16.8. The van der Waals surface area contributed by atoms with E-state index in [9.17, 15) is 0 Å². The minimum Gasteiger partial charge on any atom is -0.488 e. The lowest BCUT2D eigenvalue weighted by Crippen LogP contribution is -2.31. The predicted octanol–water partition coefficient (Wildman–Crippen LogP) is 4.36. The van der Waals surface area contributed by atoms with Crippen LogP contribution < -0.4 is 10.1 Å². The second-order valence-electron chi connectivity index (χ2n) is 5.76. The number of nitrogens with one attached hydrogen (secondary N) is 1. The third-order valence-electron chi connectivity index (χ3n) is 3.95. The molecule has 1 heterocycles. The van der Waals surface area contributed by atoms with E-state index in [-0.39, 0.29) is 6.10 Å². The first-order chi connectivity index (χ1) is 11.7. The Kier molecular flexibility index (Phi) is 6.07. The number of para-hydroxylation sites is 1. The van der Waals surface area contributed by atoms with Crippen molar-refractivity contribution in [1.82, 2.24) is 5.32 Å². The fourth-order valence-electron chi connectivity index (χ4n) is 2.63. The maximum Gasteiger partial charge on any atom is 0.129 e. The van der Waals surface area contributed by atoms with Crippen LogP contribution in [0.25, 0.3) is 0 Å². The molecule has 5 heteroatoms. The lowest BCUT2D eigenvalue weighted by Gasteiger charge is -2.16. The van der Waals surface area contributed by atoms with Gasteiger partial charge in [-0.3, -0.25) is 0 Å². The van der Waals surface area contributed by atoms with Gasteiger partial charge in [-0.1, -0.05) is 48.1 Å². The van der Waals surface area contributed by atoms with Gasteiger partial charge in [-0.2, -0.15) is 0 Å². The van der Waals surface area contributed by atoms with Crippen LogP contribution in [0.5, 0.6) is 5.75 Å². The minimum atomic E-state index is 0.255. The number of hydrogen-bond donors (Lipinski definition) is 1. The second kappa shape index (κ2) is 8.47. The highest BCUT2D eigenvalue weighted by Gasteiger charge is 2.16. The molecule has 2 aromatic carbocycles. The highest BCUT2D eigenvalue weighted by atomic mass is 35.5. The van der Waals surface area contributed by atoms with Gasteiger partial charge < -0.3 is 14.8 Å². The molecule has 1 N–H and O–H groups in total. The van der Waals surface area contributed by atoms with Crippen LogP contribution in [0.4, 0.5) is 0 Å². The van der Waals surface area contributed by atoms with Gasteiger partial charge in [0, 0.05) is 18.2 Å². The van der Waals surface area contributed by atoms with E-state index in [0.717, 1.165) is 47.9 Å².